The maximum absolute atomic E-state index is 14.1. The summed E-state index contributed by atoms with van der Waals surface area (Å²) in [6.45, 7) is 5.41. The molecule has 9 heteroatoms. The van der Waals surface area contributed by atoms with Gasteiger partial charge in [0.15, 0.2) is 12.6 Å². The average Bonchev–Trinajstić information content (AvgIpc) is 2.84. The van der Waals surface area contributed by atoms with Crippen molar-refractivity contribution in [1.82, 2.24) is 10.2 Å². The number of carbonyl (C=O) groups is 5. The highest BCUT2D eigenvalue weighted by Crippen LogP contribution is 2.45. The number of Topliss-reactive ketones (excluding diaryl/α,β-unsaturated/α-hetero) is 1. The molecule has 1 spiro atoms. The van der Waals surface area contributed by atoms with Crippen molar-refractivity contribution >= 4 is 36.2 Å². The van der Waals surface area contributed by atoms with E-state index in [1.54, 1.807) is 7.05 Å². The van der Waals surface area contributed by atoms with Gasteiger partial charge in [-0.15, -0.1) is 0 Å². The van der Waals surface area contributed by atoms with E-state index in [1.807, 2.05) is 37.7 Å². The third-order valence-corrected chi connectivity index (χ3v) is 6.40. The van der Waals surface area contributed by atoms with Crippen LogP contribution < -0.4 is 10.2 Å². The summed E-state index contributed by atoms with van der Waals surface area (Å²) in [7, 11) is 5.25. The molecular weight excluding hydrogens is 453 g/mol. The third kappa shape index (κ3) is 8.06. The molecular formula is C26H38FN3O5. The fraction of sp³-hybridized carbons (Fsp3) is 0.577. The van der Waals surface area contributed by atoms with Gasteiger partial charge in [-0.3, -0.25) is 24.1 Å². The summed E-state index contributed by atoms with van der Waals surface area (Å²) in [5.41, 5.74) is 0.765. The van der Waals surface area contributed by atoms with Crippen LogP contribution in [0.2, 0.25) is 0 Å². The zero-order chi connectivity index (χ0) is 26.6. The van der Waals surface area contributed by atoms with Gasteiger partial charge in [0.2, 0.25) is 5.91 Å². The van der Waals surface area contributed by atoms with Crippen molar-refractivity contribution in [3.8, 4) is 0 Å². The first-order chi connectivity index (χ1) is 16.7. The van der Waals surface area contributed by atoms with Crippen LogP contribution in [0.1, 0.15) is 73.1 Å². The van der Waals surface area contributed by atoms with Crippen LogP contribution in [0.15, 0.2) is 12.1 Å². The van der Waals surface area contributed by atoms with Crippen LogP contribution in [-0.2, 0) is 14.4 Å². The molecule has 1 saturated carbocycles. The monoisotopic (exact) mass is 491 g/mol. The van der Waals surface area contributed by atoms with Gasteiger partial charge in [-0.2, -0.15) is 0 Å². The summed E-state index contributed by atoms with van der Waals surface area (Å²) in [6.07, 6.45) is 5.84. The molecule has 1 aliphatic heterocycles. The van der Waals surface area contributed by atoms with Crippen molar-refractivity contribution in [2.45, 2.75) is 58.4 Å². The maximum atomic E-state index is 14.1. The number of aldehydes is 3. The van der Waals surface area contributed by atoms with Crippen molar-refractivity contribution in [2.24, 2.45) is 5.41 Å². The number of nitrogens with zero attached hydrogens (tertiary/aromatic N) is 2. The lowest BCUT2D eigenvalue weighted by Crippen LogP contribution is -2.58. The SMILES string of the molecule is CC.CNC(=O)C(CCC=O)N(C)C.O=Cc1cc(F)c(N2CC3(CCC(=O)CC3)C2)cc1C=O. The van der Waals surface area contributed by atoms with E-state index >= 15 is 0 Å². The van der Waals surface area contributed by atoms with Gasteiger partial charge in [0, 0.05) is 55.9 Å². The van der Waals surface area contributed by atoms with E-state index in [0.717, 1.165) is 25.2 Å². The number of hydrogen-bond acceptors (Lipinski definition) is 7. The molecule has 1 amide bonds. The topological polar surface area (TPSA) is 104 Å². The van der Waals surface area contributed by atoms with E-state index in [0.29, 0.717) is 62.8 Å². The molecule has 2 fully saturated rings. The van der Waals surface area contributed by atoms with Gasteiger partial charge in [0.05, 0.1) is 11.7 Å². The second-order valence-electron chi connectivity index (χ2n) is 8.90. The number of likely N-dealkylation sites (N-methyl/N-ethyl adjacent to an activating group) is 2. The fourth-order valence-electron chi connectivity index (χ4n) is 4.37. The Labute approximate surface area is 207 Å². The van der Waals surface area contributed by atoms with E-state index in [1.165, 1.54) is 6.07 Å². The van der Waals surface area contributed by atoms with Gasteiger partial charge in [0.1, 0.15) is 17.9 Å². The van der Waals surface area contributed by atoms with Crippen molar-refractivity contribution < 1.29 is 28.4 Å². The zero-order valence-electron chi connectivity index (χ0n) is 21.4. The minimum Gasteiger partial charge on any atom is -0.368 e. The lowest BCUT2D eigenvalue weighted by atomic mass is 9.68. The summed E-state index contributed by atoms with van der Waals surface area (Å²) in [6, 6.07) is 2.36. The van der Waals surface area contributed by atoms with E-state index in [4.69, 9.17) is 0 Å². The smallest absolute Gasteiger partial charge is 0.237 e. The van der Waals surface area contributed by atoms with E-state index in [-0.39, 0.29) is 28.5 Å². The molecule has 0 aromatic heterocycles. The Morgan fingerprint density at radius 2 is 1.66 bits per heavy atom. The summed E-state index contributed by atoms with van der Waals surface area (Å²) in [5, 5.41) is 2.56. The number of hydrogen-bond donors (Lipinski definition) is 1. The van der Waals surface area contributed by atoms with Crippen molar-refractivity contribution in [3.05, 3.63) is 29.1 Å². The number of ketones is 1. The predicted molar refractivity (Wildman–Crippen MR) is 133 cm³/mol. The Morgan fingerprint density at radius 1 is 1.11 bits per heavy atom. The quantitative estimate of drug-likeness (QED) is 0.558. The van der Waals surface area contributed by atoms with Crippen molar-refractivity contribution in [1.29, 1.82) is 0 Å². The average molecular weight is 492 g/mol. The number of nitrogens with one attached hydrogen (secondary N) is 1. The Kier molecular flexibility index (Phi) is 12.4. The first kappa shape index (κ1) is 30.1. The molecule has 1 atom stereocenters. The molecule has 1 aliphatic carbocycles. The summed E-state index contributed by atoms with van der Waals surface area (Å²) in [4.78, 5) is 58.1. The molecule has 35 heavy (non-hydrogen) atoms. The normalized spacial score (nSPS) is 16.7. The van der Waals surface area contributed by atoms with Gasteiger partial charge in [0.25, 0.3) is 0 Å². The van der Waals surface area contributed by atoms with Crippen LogP contribution in [0.3, 0.4) is 0 Å². The van der Waals surface area contributed by atoms with Gasteiger partial charge in [-0.25, -0.2) is 4.39 Å². The van der Waals surface area contributed by atoms with E-state index in [9.17, 15) is 28.4 Å². The van der Waals surface area contributed by atoms with Crippen LogP contribution in [0.4, 0.5) is 10.1 Å². The summed E-state index contributed by atoms with van der Waals surface area (Å²) in [5.74, 6) is -0.213. The number of amides is 1. The van der Waals surface area contributed by atoms with Crippen LogP contribution in [-0.4, -0.2) is 75.7 Å². The maximum Gasteiger partial charge on any atom is 0.237 e. The number of benzene rings is 1. The van der Waals surface area contributed by atoms with Crippen molar-refractivity contribution in [2.75, 3.05) is 39.1 Å². The second kappa shape index (κ2) is 14.5. The van der Waals surface area contributed by atoms with E-state index in [2.05, 4.69) is 5.32 Å². The van der Waals surface area contributed by atoms with Crippen LogP contribution in [0.5, 0.6) is 0 Å². The Balaban J connectivity index is 0.000000376. The van der Waals surface area contributed by atoms with Gasteiger partial charge < -0.3 is 15.0 Å². The fourth-order valence-corrected chi connectivity index (χ4v) is 4.37. The highest BCUT2D eigenvalue weighted by molar-refractivity contribution is 5.91. The molecule has 1 heterocycles. The summed E-state index contributed by atoms with van der Waals surface area (Å²) < 4.78 is 14.1. The second-order valence-corrected chi connectivity index (χ2v) is 8.90. The largest absolute Gasteiger partial charge is 0.368 e. The molecule has 194 valence electrons. The molecule has 8 nitrogen and oxygen atoms in total. The molecule has 1 N–H and O–H groups in total. The molecule has 2 aliphatic rings. The third-order valence-electron chi connectivity index (χ3n) is 6.40. The first-order valence-electron chi connectivity index (χ1n) is 12.0. The minimum atomic E-state index is -0.482. The molecule has 0 radical (unpaired) electrons. The lowest BCUT2D eigenvalue weighted by molar-refractivity contribution is -0.125. The molecule has 1 unspecified atom stereocenters. The molecule has 1 aromatic rings. The number of rotatable bonds is 8. The number of anilines is 1. The Hall–Kier alpha value is -2.94. The van der Waals surface area contributed by atoms with E-state index < -0.39 is 5.82 Å². The number of carbonyl (C=O) groups excluding carboxylic acids is 5. The number of halogens is 1. The zero-order valence-corrected chi connectivity index (χ0v) is 21.4. The Bertz CT molecular complexity index is 885. The molecule has 0 bridgehead atoms. The minimum absolute atomic E-state index is 0.0400. The van der Waals surface area contributed by atoms with Gasteiger partial charge in [-0.05, 0) is 45.5 Å². The van der Waals surface area contributed by atoms with Crippen molar-refractivity contribution in [3.63, 3.8) is 0 Å². The summed E-state index contributed by atoms with van der Waals surface area (Å²) >= 11 is 0. The molecule has 3 rings (SSSR count). The highest BCUT2D eigenvalue weighted by Gasteiger charge is 2.45. The van der Waals surface area contributed by atoms with Crippen LogP contribution >= 0.6 is 0 Å². The van der Waals surface area contributed by atoms with Crippen LogP contribution in [0.25, 0.3) is 0 Å². The molecule has 1 aromatic carbocycles. The van der Waals surface area contributed by atoms with Crippen LogP contribution in [0, 0.1) is 11.2 Å². The Morgan fingerprint density at radius 3 is 2.11 bits per heavy atom. The predicted octanol–water partition coefficient (Wildman–Crippen LogP) is 3.07. The highest BCUT2D eigenvalue weighted by atomic mass is 19.1. The standard InChI is InChI=1S/C16H16FNO3.C8H16N2O2.C2H6/c17-14-5-11(7-19)12(8-20)6-15(14)18-9-16(10-18)3-1-13(21)2-4-16;1-9-8(12)7(10(2)3)5-4-6-11;1-2/h5-8H,1-4,9-10H2;6-7H,4-5H2,1-3H3,(H,9,12);1-2H3. The van der Waals surface area contributed by atoms with Gasteiger partial charge in [-0.1, -0.05) is 13.8 Å². The van der Waals surface area contributed by atoms with Gasteiger partial charge >= 0.3 is 0 Å². The first-order valence-corrected chi connectivity index (χ1v) is 12.0. The lowest BCUT2D eigenvalue weighted by Gasteiger charge is -2.53. The molecule has 1 saturated heterocycles.